The van der Waals surface area contributed by atoms with Gasteiger partial charge in [0.05, 0.1) is 11.9 Å². The second-order valence-electron chi connectivity index (χ2n) is 3.61. The van der Waals surface area contributed by atoms with Crippen LogP contribution >= 0.6 is 11.8 Å². The van der Waals surface area contributed by atoms with Gasteiger partial charge in [-0.05, 0) is 19.1 Å². The smallest absolute Gasteiger partial charge is 0.196 e. The molecule has 0 aliphatic heterocycles. The molecule has 0 radical (unpaired) electrons. The average molecular weight is 238 g/mol. The molecule has 2 atom stereocenters. The Morgan fingerprint density at radius 2 is 2.31 bits per heavy atom. The highest BCUT2D eigenvalue weighted by Gasteiger charge is 2.17. The van der Waals surface area contributed by atoms with E-state index >= 15 is 0 Å². The molecule has 2 rings (SSSR count). The third kappa shape index (κ3) is 2.18. The summed E-state index contributed by atoms with van der Waals surface area (Å²) in [6.07, 6.45) is 1.90. The molecule has 2 aromatic heterocycles. The minimum atomic E-state index is -0.0916. The first-order valence-corrected chi connectivity index (χ1v) is 5.93. The van der Waals surface area contributed by atoms with Gasteiger partial charge in [-0.2, -0.15) is 0 Å². The van der Waals surface area contributed by atoms with Crippen molar-refractivity contribution in [2.75, 3.05) is 6.61 Å². The van der Waals surface area contributed by atoms with Crippen molar-refractivity contribution < 1.29 is 5.11 Å². The Morgan fingerprint density at radius 1 is 1.50 bits per heavy atom. The zero-order valence-corrected chi connectivity index (χ0v) is 9.76. The van der Waals surface area contributed by atoms with E-state index in [0.717, 1.165) is 10.8 Å². The van der Waals surface area contributed by atoms with Crippen LogP contribution in [-0.4, -0.2) is 37.6 Å². The maximum absolute atomic E-state index is 9.21. The number of nitrogens with two attached hydrogens (primary N) is 1. The van der Waals surface area contributed by atoms with Gasteiger partial charge < -0.3 is 10.8 Å². The number of rotatable bonds is 4. The van der Waals surface area contributed by atoms with Crippen molar-refractivity contribution in [1.82, 2.24) is 14.6 Å². The van der Waals surface area contributed by atoms with Crippen molar-refractivity contribution in [1.29, 1.82) is 0 Å². The van der Waals surface area contributed by atoms with Crippen LogP contribution in [0.25, 0.3) is 5.65 Å². The molecule has 2 aromatic rings. The third-order valence-corrected chi connectivity index (χ3v) is 3.68. The fourth-order valence-electron chi connectivity index (χ4n) is 1.35. The summed E-state index contributed by atoms with van der Waals surface area (Å²) in [4.78, 5) is 0. The second kappa shape index (κ2) is 4.82. The molecule has 0 saturated carbocycles. The van der Waals surface area contributed by atoms with Gasteiger partial charge >= 0.3 is 0 Å². The molecule has 0 aromatic carbocycles. The van der Waals surface area contributed by atoms with Gasteiger partial charge in [0.1, 0.15) is 0 Å². The highest BCUT2D eigenvalue weighted by atomic mass is 32.2. The monoisotopic (exact) mass is 238 g/mol. The first-order valence-electron chi connectivity index (χ1n) is 5.05. The van der Waals surface area contributed by atoms with Crippen LogP contribution in [0.15, 0.2) is 29.6 Å². The molecular formula is C10H14N4OS. The van der Waals surface area contributed by atoms with E-state index in [4.69, 9.17) is 5.73 Å². The molecule has 86 valence electrons. The van der Waals surface area contributed by atoms with E-state index in [0.29, 0.717) is 0 Å². The van der Waals surface area contributed by atoms with Crippen LogP contribution in [0.3, 0.4) is 0 Å². The van der Waals surface area contributed by atoms with Gasteiger partial charge in [0.2, 0.25) is 0 Å². The maximum atomic E-state index is 9.21. The summed E-state index contributed by atoms with van der Waals surface area (Å²) in [6.45, 7) is 1.90. The lowest BCUT2D eigenvalue weighted by Crippen LogP contribution is -2.32. The predicted molar refractivity (Wildman–Crippen MR) is 63.4 cm³/mol. The van der Waals surface area contributed by atoms with Crippen LogP contribution < -0.4 is 5.73 Å². The number of hydrogen-bond acceptors (Lipinski definition) is 5. The quantitative estimate of drug-likeness (QED) is 0.760. The Kier molecular flexibility index (Phi) is 3.42. The van der Waals surface area contributed by atoms with Gasteiger partial charge in [0, 0.05) is 12.2 Å². The lowest BCUT2D eigenvalue weighted by molar-refractivity contribution is 0.285. The van der Waals surface area contributed by atoms with Gasteiger partial charge in [-0.3, -0.25) is 4.40 Å². The summed E-state index contributed by atoms with van der Waals surface area (Å²) in [5, 5.41) is 18.0. The van der Waals surface area contributed by atoms with E-state index in [2.05, 4.69) is 10.2 Å². The third-order valence-electron chi connectivity index (χ3n) is 2.31. The highest BCUT2D eigenvalue weighted by molar-refractivity contribution is 7.99. The van der Waals surface area contributed by atoms with Crippen LogP contribution in [-0.2, 0) is 0 Å². The van der Waals surface area contributed by atoms with Crippen LogP contribution in [0.1, 0.15) is 6.92 Å². The molecule has 6 heteroatoms. The molecule has 0 bridgehead atoms. The van der Waals surface area contributed by atoms with E-state index in [1.165, 1.54) is 11.8 Å². The molecular weight excluding hydrogens is 224 g/mol. The largest absolute Gasteiger partial charge is 0.395 e. The lowest BCUT2D eigenvalue weighted by atomic mass is 10.3. The first-order chi connectivity index (χ1) is 7.72. The Bertz CT molecular complexity index is 471. The number of aromatic nitrogens is 3. The molecule has 5 nitrogen and oxygen atoms in total. The van der Waals surface area contributed by atoms with Crippen LogP contribution in [0, 0.1) is 0 Å². The zero-order valence-electron chi connectivity index (χ0n) is 8.95. The van der Waals surface area contributed by atoms with Crippen molar-refractivity contribution in [2.24, 2.45) is 5.73 Å². The molecule has 0 amide bonds. The fourth-order valence-corrected chi connectivity index (χ4v) is 2.26. The van der Waals surface area contributed by atoms with Crippen molar-refractivity contribution in [3.8, 4) is 0 Å². The van der Waals surface area contributed by atoms with Crippen LogP contribution in [0.2, 0.25) is 0 Å². The molecule has 0 aliphatic carbocycles. The van der Waals surface area contributed by atoms with Gasteiger partial charge in [0.15, 0.2) is 10.8 Å². The highest BCUT2D eigenvalue weighted by Crippen LogP contribution is 2.23. The normalized spacial score (nSPS) is 15.2. The van der Waals surface area contributed by atoms with Gasteiger partial charge in [-0.1, -0.05) is 17.8 Å². The standard InChI is InChI=1S/C10H14N4OS/c1-7(11)8(6-15)16-10-13-12-9-4-2-3-5-14(9)10/h2-5,7-8,15H,6,11H2,1H3. The first kappa shape index (κ1) is 11.4. The minimum Gasteiger partial charge on any atom is -0.395 e. The summed E-state index contributed by atoms with van der Waals surface area (Å²) >= 11 is 1.45. The lowest BCUT2D eigenvalue weighted by Gasteiger charge is -2.15. The van der Waals surface area contributed by atoms with Gasteiger partial charge in [0.25, 0.3) is 0 Å². The number of hydrogen-bond donors (Lipinski definition) is 2. The van der Waals surface area contributed by atoms with Crippen molar-refractivity contribution in [3.05, 3.63) is 24.4 Å². The van der Waals surface area contributed by atoms with E-state index in [9.17, 15) is 5.11 Å². The Morgan fingerprint density at radius 3 is 3.00 bits per heavy atom. The minimum absolute atomic E-state index is 0.0318. The van der Waals surface area contributed by atoms with Crippen LogP contribution in [0.4, 0.5) is 0 Å². The summed E-state index contributed by atoms with van der Waals surface area (Å²) in [7, 11) is 0. The summed E-state index contributed by atoms with van der Waals surface area (Å²) in [6, 6.07) is 5.62. The van der Waals surface area contributed by atoms with E-state index < -0.39 is 0 Å². The molecule has 0 saturated heterocycles. The number of aliphatic hydroxyl groups excluding tert-OH is 1. The Labute approximate surface area is 97.7 Å². The summed E-state index contributed by atoms with van der Waals surface area (Å²) < 4.78 is 1.88. The molecule has 0 fully saturated rings. The summed E-state index contributed by atoms with van der Waals surface area (Å²) in [5.74, 6) is 0. The molecule has 3 N–H and O–H groups in total. The Hall–Kier alpha value is -1.11. The number of pyridine rings is 1. The predicted octanol–water partition coefficient (Wildman–Crippen LogP) is 0.530. The molecule has 2 unspecified atom stereocenters. The summed E-state index contributed by atoms with van der Waals surface area (Å²) in [5.41, 5.74) is 6.57. The molecule has 0 aliphatic rings. The van der Waals surface area contributed by atoms with Crippen molar-refractivity contribution in [3.63, 3.8) is 0 Å². The van der Waals surface area contributed by atoms with Gasteiger partial charge in [-0.25, -0.2) is 0 Å². The van der Waals surface area contributed by atoms with E-state index in [1.54, 1.807) is 0 Å². The van der Waals surface area contributed by atoms with E-state index in [-0.39, 0.29) is 17.9 Å². The fraction of sp³-hybridized carbons (Fsp3) is 0.400. The SMILES string of the molecule is CC(N)C(CO)Sc1nnc2ccccn12. The second-order valence-corrected chi connectivity index (χ2v) is 4.82. The Balaban J connectivity index is 2.27. The van der Waals surface area contributed by atoms with Crippen LogP contribution in [0.5, 0.6) is 0 Å². The molecule has 16 heavy (non-hydrogen) atoms. The van der Waals surface area contributed by atoms with Crippen molar-refractivity contribution in [2.45, 2.75) is 23.4 Å². The molecule has 0 spiro atoms. The number of fused-ring (bicyclic) bond motifs is 1. The maximum Gasteiger partial charge on any atom is 0.196 e. The number of aliphatic hydroxyl groups is 1. The van der Waals surface area contributed by atoms with Gasteiger partial charge in [-0.15, -0.1) is 10.2 Å². The van der Waals surface area contributed by atoms with E-state index in [1.807, 2.05) is 35.7 Å². The van der Waals surface area contributed by atoms with Crippen molar-refractivity contribution >= 4 is 17.4 Å². The topological polar surface area (TPSA) is 76.4 Å². The zero-order chi connectivity index (χ0) is 11.5. The number of thioether (sulfide) groups is 1. The average Bonchev–Trinajstić information content (AvgIpc) is 2.69. The molecule has 2 heterocycles. The number of nitrogens with zero attached hydrogens (tertiary/aromatic N) is 3.